The third kappa shape index (κ3) is 4.69. The first kappa shape index (κ1) is 22.8. The summed E-state index contributed by atoms with van der Waals surface area (Å²) in [5, 5.41) is 5.59. The SMILES string of the molecule is Cc1ccc(NC(=O)c2cccc(NC3=C(Cl)C(=O)N(c4ccc(Br)cc4)C3=O)c2)c(C)c1. The van der Waals surface area contributed by atoms with E-state index in [9.17, 15) is 14.4 Å². The van der Waals surface area contributed by atoms with Crippen molar-refractivity contribution in [2.75, 3.05) is 15.5 Å². The Morgan fingerprint density at radius 1 is 0.939 bits per heavy atom. The summed E-state index contributed by atoms with van der Waals surface area (Å²) in [7, 11) is 0. The lowest BCUT2D eigenvalue weighted by Gasteiger charge is -2.15. The second-order valence-corrected chi connectivity index (χ2v) is 8.88. The van der Waals surface area contributed by atoms with Crippen molar-refractivity contribution >= 4 is 62.3 Å². The average molecular weight is 525 g/mol. The Labute approximate surface area is 204 Å². The molecule has 1 aliphatic heterocycles. The third-order valence-electron chi connectivity index (χ3n) is 5.14. The van der Waals surface area contributed by atoms with Crippen LogP contribution >= 0.6 is 27.5 Å². The highest BCUT2D eigenvalue weighted by atomic mass is 79.9. The van der Waals surface area contributed by atoms with Gasteiger partial charge in [0, 0.05) is 21.4 Å². The molecule has 1 aliphatic rings. The van der Waals surface area contributed by atoms with Gasteiger partial charge in [-0.15, -0.1) is 0 Å². The fraction of sp³-hybridized carbons (Fsp3) is 0.0800. The lowest BCUT2D eigenvalue weighted by atomic mass is 10.1. The van der Waals surface area contributed by atoms with Crippen molar-refractivity contribution in [2.45, 2.75) is 13.8 Å². The maximum absolute atomic E-state index is 13.0. The number of nitrogens with zero attached hydrogens (tertiary/aromatic N) is 1. The van der Waals surface area contributed by atoms with Gasteiger partial charge >= 0.3 is 0 Å². The molecule has 3 aromatic carbocycles. The maximum Gasteiger partial charge on any atom is 0.283 e. The van der Waals surface area contributed by atoms with Crippen LogP contribution in [0, 0.1) is 13.8 Å². The van der Waals surface area contributed by atoms with Crippen LogP contribution in [0.15, 0.2) is 81.9 Å². The van der Waals surface area contributed by atoms with Crippen molar-refractivity contribution < 1.29 is 14.4 Å². The topological polar surface area (TPSA) is 78.5 Å². The molecule has 166 valence electrons. The molecule has 6 nitrogen and oxygen atoms in total. The normalized spacial score (nSPS) is 13.5. The Balaban J connectivity index is 1.54. The van der Waals surface area contributed by atoms with Crippen molar-refractivity contribution in [2.24, 2.45) is 0 Å². The molecule has 0 radical (unpaired) electrons. The van der Waals surface area contributed by atoms with E-state index in [2.05, 4.69) is 26.6 Å². The van der Waals surface area contributed by atoms with E-state index in [4.69, 9.17) is 11.6 Å². The third-order valence-corrected chi connectivity index (χ3v) is 6.02. The summed E-state index contributed by atoms with van der Waals surface area (Å²) in [5.74, 6) is -1.48. The second kappa shape index (κ2) is 9.21. The highest BCUT2D eigenvalue weighted by molar-refractivity contribution is 9.10. The summed E-state index contributed by atoms with van der Waals surface area (Å²) in [6, 6.07) is 19.1. The quantitative estimate of drug-likeness (QED) is 0.416. The van der Waals surface area contributed by atoms with E-state index in [1.165, 1.54) is 0 Å². The number of benzene rings is 3. The van der Waals surface area contributed by atoms with Gasteiger partial charge in [-0.3, -0.25) is 14.4 Å². The van der Waals surface area contributed by atoms with Crippen molar-refractivity contribution in [3.05, 3.63) is 98.6 Å². The molecule has 2 N–H and O–H groups in total. The van der Waals surface area contributed by atoms with Gasteiger partial charge in [-0.25, -0.2) is 4.90 Å². The molecule has 3 aromatic rings. The number of carbonyl (C=O) groups excluding carboxylic acids is 3. The number of anilines is 3. The van der Waals surface area contributed by atoms with Crippen LogP contribution in [0.1, 0.15) is 21.5 Å². The summed E-state index contributed by atoms with van der Waals surface area (Å²) in [4.78, 5) is 39.4. The number of amides is 3. The molecular weight excluding hydrogens is 506 g/mol. The van der Waals surface area contributed by atoms with E-state index in [0.717, 1.165) is 26.2 Å². The van der Waals surface area contributed by atoms with Crippen LogP contribution in [0.5, 0.6) is 0 Å². The molecule has 0 aromatic heterocycles. The van der Waals surface area contributed by atoms with Gasteiger partial charge in [0.05, 0.1) is 5.69 Å². The number of aryl methyl sites for hydroxylation is 2. The van der Waals surface area contributed by atoms with Crippen LogP contribution in [-0.4, -0.2) is 17.7 Å². The first-order chi connectivity index (χ1) is 15.7. The number of hydrogen-bond acceptors (Lipinski definition) is 4. The van der Waals surface area contributed by atoms with Crippen LogP contribution in [0.2, 0.25) is 0 Å². The van der Waals surface area contributed by atoms with Gasteiger partial charge in [0.15, 0.2) is 0 Å². The predicted molar refractivity (Wildman–Crippen MR) is 133 cm³/mol. The molecule has 0 atom stereocenters. The summed E-state index contributed by atoms with van der Waals surface area (Å²) in [6.45, 7) is 3.91. The standard InChI is InChI=1S/C25H19BrClN3O3/c1-14-6-11-20(15(2)12-14)29-23(31)16-4-3-5-18(13-16)28-22-21(27)24(32)30(25(22)33)19-9-7-17(26)8-10-19/h3-13,28H,1-2H3,(H,29,31). The van der Waals surface area contributed by atoms with Crippen LogP contribution in [0.25, 0.3) is 0 Å². The monoisotopic (exact) mass is 523 g/mol. The largest absolute Gasteiger partial charge is 0.350 e. The zero-order valence-corrected chi connectivity index (χ0v) is 20.1. The van der Waals surface area contributed by atoms with Gasteiger partial charge in [0.2, 0.25) is 0 Å². The lowest BCUT2D eigenvalue weighted by molar-refractivity contribution is -0.120. The Morgan fingerprint density at radius 2 is 1.67 bits per heavy atom. The van der Waals surface area contributed by atoms with Crippen molar-refractivity contribution in [3.63, 3.8) is 0 Å². The minimum atomic E-state index is -0.616. The van der Waals surface area contributed by atoms with E-state index in [1.54, 1.807) is 48.5 Å². The fourth-order valence-corrected chi connectivity index (χ4v) is 3.94. The van der Waals surface area contributed by atoms with Gasteiger partial charge in [0.1, 0.15) is 10.7 Å². The number of carbonyl (C=O) groups is 3. The molecule has 8 heteroatoms. The van der Waals surface area contributed by atoms with E-state index >= 15 is 0 Å². The van der Waals surface area contributed by atoms with Crippen molar-refractivity contribution in [3.8, 4) is 0 Å². The number of halogens is 2. The van der Waals surface area contributed by atoms with E-state index in [-0.39, 0.29) is 16.6 Å². The predicted octanol–water partition coefficient (Wildman–Crippen LogP) is 5.75. The average Bonchev–Trinajstić information content (AvgIpc) is 3.00. The molecule has 3 amide bonds. The first-order valence-electron chi connectivity index (χ1n) is 10.0. The first-order valence-corrected chi connectivity index (χ1v) is 11.2. The zero-order valence-electron chi connectivity index (χ0n) is 17.8. The molecule has 4 rings (SSSR count). The number of rotatable bonds is 5. The van der Waals surface area contributed by atoms with Crippen LogP contribution in [-0.2, 0) is 9.59 Å². The lowest BCUT2D eigenvalue weighted by Crippen LogP contribution is -2.32. The van der Waals surface area contributed by atoms with Crippen molar-refractivity contribution in [1.29, 1.82) is 0 Å². The van der Waals surface area contributed by atoms with Crippen molar-refractivity contribution in [1.82, 2.24) is 0 Å². The highest BCUT2D eigenvalue weighted by Gasteiger charge is 2.38. The minimum Gasteiger partial charge on any atom is -0.350 e. The molecule has 0 bridgehead atoms. The highest BCUT2D eigenvalue weighted by Crippen LogP contribution is 2.31. The molecule has 0 saturated carbocycles. The Kier molecular flexibility index (Phi) is 6.35. The van der Waals surface area contributed by atoms with E-state index < -0.39 is 11.8 Å². The van der Waals surface area contributed by atoms with E-state index in [0.29, 0.717) is 16.9 Å². The van der Waals surface area contributed by atoms with Crippen LogP contribution in [0.3, 0.4) is 0 Å². The van der Waals surface area contributed by atoms with Gasteiger partial charge in [-0.2, -0.15) is 0 Å². The smallest absolute Gasteiger partial charge is 0.283 e. The van der Waals surface area contributed by atoms with Gasteiger partial charge in [0.25, 0.3) is 17.7 Å². The Morgan fingerprint density at radius 3 is 2.36 bits per heavy atom. The van der Waals surface area contributed by atoms with E-state index in [1.807, 2.05) is 32.0 Å². The second-order valence-electron chi connectivity index (χ2n) is 7.59. The number of nitrogens with one attached hydrogen (secondary N) is 2. The summed E-state index contributed by atoms with van der Waals surface area (Å²) < 4.78 is 0.818. The molecule has 0 saturated heterocycles. The summed E-state index contributed by atoms with van der Waals surface area (Å²) in [6.07, 6.45) is 0. The fourth-order valence-electron chi connectivity index (χ4n) is 3.47. The number of hydrogen-bond donors (Lipinski definition) is 2. The molecule has 1 heterocycles. The molecule has 0 aliphatic carbocycles. The van der Waals surface area contributed by atoms with Crippen LogP contribution < -0.4 is 15.5 Å². The van der Waals surface area contributed by atoms with Gasteiger partial charge < -0.3 is 10.6 Å². The summed E-state index contributed by atoms with van der Waals surface area (Å²) in [5.41, 5.74) is 3.98. The Bertz CT molecular complexity index is 1320. The molecule has 0 unspecified atom stereocenters. The summed E-state index contributed by atoms with van der Waals surface area (Å²) >= 11 is 9.53. The zero-order chi connectivity index (χ0) is 23.7. The van der Waals surface area contributed by atoms with Gasteiger partial charge in [-0.05, 0) is 67.9 Å². The Hall–Kier alpha value is -3.42. The van der Waals surface area contributed by atoms with Gasteiger partial charge in [-0.1, -0.05) is 51.3 Å². The number of imide groups is 1. The molecule has 0 fully saturated rings. The molecular formula is C25H19BrClN3O3. The molecule has 0 spiro atoms. The maximum atomic E-state index is 13.0. The molecule has 33 heavy (non-hydrogen) atoms. The minimum absolute atomic E-state index is 0.0449. The van der Waals surface area contributed by atoms with Crippen LogP contribution in [0.4, 0.5) is 17.1 Å².